The first-order chi connectivity index (χ1) is 14.5. The van der Waals surface area contributed by atoms with Gasteiger partial charge in [0, 0.05) is 23.2 Å². The van der Waals surface area contributed by atoms with E-state index in [1.54, 1.807) is 36.5 Å². The summed E-state index contributed by atoms with van der Waals surface area (Å²) in [5, 5.41) is 19.9. The molecule has 7 nitrogen and oxygen atoms in total. The van der Waals surface area contributed by atoms with Gasteiger partial charge in [-0.2, -0.15) is 5.10 Å². The summed E-state index contributed by atoms with van der Waals surface area (Å²) in [5.41, 5.74) is 10.7. The van der Waals surface area contributed by atoms with Crippen molar-refractivity contribution < 1.29 is 14.7 Å². The SMILES string of the molecule is NCc1cccc(-c2cc(C(=O)Nc3ccccc3CC(=O)O)cc3[nH]ncc23)c1. The number of rotatable bonds is 6. The van der Waals surface area contributed by atoms with E-state index in [2.05, 4.69) is 15.5 Å². The number of benzene rings is 3. The highest BCUT2D eigenvalue weighted by Gasteiger charge is 2.15. The van der Waals surface area contributed by atoms with Gasteiger partial charge in [-0.05, 0) is 46.5 Å². The fourth-order valence-electron chi connectivity index (χ4n) is 3.44. The summed E-state index contributed by atoms with van der Waals surface area (Å²) in [4.78, 5) is 24.1. The van der Waals surface area contributed by atoms with Crippen molar-refractivity contribution in [2.75, 3.05) is 5.32 Å². The topological polar surface area (TPSA) is 121 Å². The molecule has 150 valence electrons. The van der Waals surface area contributed by atoms with Crippen molar-refractivity contribution in [3.05, 3.63) is 83.6 Å². The third-order valence-electron chi connectivity index (χ3n) is 4.90. The Balaban J connectivity index is 1.73. The molecule has 0 aliphatic carbocycles. The number of carboxylic acids is 1. The van der Waals surface area contributed by atoms with E-state index in [1.165, 1.54) is 0 Å². The molecule has 4 rings (SSSR count). The quantitative estimate of drug-likeness (QED) is 0.394. The van der Waals surface area contributed by atoms with Crippen LogP contribution in [0.15, 0.2) is 66.9 Å². The number of aromatic amines is 1. The second-order valence-corrected chi connectivity index (χ2v) is 6.94. The first-order valence-electron chi connectivity index (χ1n) is 9.42. The van der Waals surface area contributed by atoms with Gasteiger partial charge in [-0.15, -0.1) is 0 Å². The molecule has 7 heteroatoms. The predicted molar refractivity (Wildman–Crippen MR) is 115 cm³/mol. The summed E-state index contributed by atoms with van der Waals surface area (Å²) in [5.74, 6) is -1.29. The number of carbonyl (C=O) groups is 2. The number of hydrogen-bond acceptors (Lipinski definition) is 4. The predicted octanol–water partition coefficient (Wildman–Crippen LogP) is 3.57. The third kappa shape index (κ3) is 3.92. The Bertz CT molecular complexity index is 1250. The number of aromatic nitrogens is 2. The van der Waals surface area contributed by atoms with Crippen molar-refractivity contribution >= 4 is 28.5 Å². The molecule has 5 N–H and O–H groups in total. The van der Waals surface area contributed by atoms with Gasteiger partial charge in [-0.25, -0.2) is 0 Å². The minimum absolute atomic E-state index is 0.173. The molecule has 0 fully saturated rings. The van der Waals surface area contributed by atoms with Crippen molar-refractivity contribution in [2.24, 2.45) is 5.73 Å². The molecule has 0 unspecified atom stereocenters. The van der Waals surface area contributed by atoms with Gasteiger partial charge >= 0.3 is 5.97 Å². The van der Waals surface area contributed by atoms with Crippen LogP contribution in [-0.4, -0.2) is 27.2 Å². The van der Waals surface area contributed by atoms with Gasteiger partial charge in [0.25, 0.3) is 5.91 Å². The smallest absolute Gasteiger partial charge is 0.307 e. The highest BCUT2D eigenvalue weighted by atomic mass is 16.4. The third-order valence-corrected chi connectivity index (χ3v) is 4.90. The molecule has 1 heterocycles. The van der Waals surface area contributed by atoms with Gasteiger partial charge in [0.05, 0.1) is 18.1 Å². The van der Waals surface area contributed by atoms with Crippen LogP contribution >= 0.6 is 0 Å². The van der Waals surface area contributed by atoms with Crippen LogP contribution in [0.25, 0.3) is 22.0 Å². The van der Waals surface area contributed by atoms with Gasteiger partial charge in [0.2, 0.25) is 0 Å². The molecule has 0 atom stereocenters. The van der Waals surface area contributed by atoms with Crippen molar-refractivity contribution in [2.45, 2.75) is 13.0 Å². The summed E-state index contributed by atoms with van der Waals surface area (Å²) in [6.07, 6.45) is 1.55. The molecule has 1 amide bonds. The zero-order chi connectivity index (χ0) is 21.1. The van der Waals surface area contributed by atoms with Gasteiger partial charge in [0.15, 0.2) is 0 Å². The second kappa shape index (κ2) is 8.18. The number of hydrogen-bond donors (Lipinski definition) is 4. The number of aliphatic carboxylic acids is 1. The van der Waals surface area contributed by atoms with Crippen LogP contribution in [0.2, 0.25) is 0 Å². The fourth-order valence-corrected chi connectivity index (χ4v) is 3.44. The number of amides is 1. The number of carboxylic acid groups (broad SMARTS) is 1. The molecular formula is C23H20N4O3. The van der Waals surface area contributed by atoms with Crippen LogP contribution in [0.5, 0.6) is 0 Å². The molecule has 0 bridgehead atoms. The first-order valence-corrected chi connectivity index (χ1v) is 9.42. The number of para-hydroxylation sites is 1. The average molecular weight is 400 g/mol. The largest absolute Gasteiger partial charge is 0.481 e. The standard InChI is InChI=1S/C23H20N4O3/c24-12-14-4-3-6-15(8-14)18-9-17(10-21-19(18)13-25-27-21)23(30)26-20-7-2-1-5-16(20)11-22(28)29/h1-10,13H,11-12,24H2,(H,25,27)(H,26,30)(H,28,29). The Morgan fingerprint density at radius 2 is 1.90 bits per heavy atom. The summed E-state index contributed by atoms with van der Waals surface area (Å²) in [6, 6.07) is 18.2. The van der Waals surface area contributed by atoms with Crippen LogP contribution in [0.3, 0.4) is 0 Å². The van der Waals surface area contributed by atoms with E-state index < -0.39 is 5.97 Å². The Morgan fingerprint density at radius 1 is 1.07 bits per heavy atom. The van der Waals surface area contributed by atoms with E-state index in [4.69, 9.17) is 10.8 Å². The highest BCUT2D eigenvalue weighted by Crippen LogP contribution is 2.30. The summed E-state index contributed by atoms with van der Waals surface area (Å²) < 4.78 is 0. The van der Waals surface area contributed by atoms with E-state index >= 15 is 0 Å². The van der Waals surface area contributed by atoms with E-state index in [0.717, 1.165) is 27.6 Å². The van der Waals surface area contributed by atoms with Crippen molar-refractivity contribution in [3.8, 4) is 11.1 Å². The second-order valence-electron chi connectivity index (χ2n) is 6.94. The number of fused-ring (bicyclic) bond motifs is 1. The number of H-pyrrole nitrogens is 1. The zero-order valence-corrected chi connectivity index (χ0v) is 16.1. The van der Waals surface area contributed by atoms with Crippen LogP contribution in [0.4, 0.5) is 5.69 Å². The average Bonchev–Trinajstić information content (AvgIpc) is 3.23. The zero-order valence-electron chi connectivity index (χ0n) is 16.1. The fraction of sp³-hybridized carbons (Fsp3) is 0.0870. The van der Waals surface area contributed by atoms with Crippen LogP contribution in [0, 0.1) is 0 Å². The number of nitrogens with two attached hydrogens (primary N) is 1. The normalized spacial score (nSPS) is 10.8. The van der Waals surface area contributed by atoms with Gasteiger partial charge in [-0.3, -0.25) is 14.7 Å². The molecule has 0 aliphatic heterocycles. The summed E-state index contributed by atoms with van der Waals surface area (Å²) >= 11 is 0. The van der Waals surface area contributed by atoms with Crippen molar-refractivity contribution in [1.29, 1.82) is 0 Å². The van der Waals surface area contributed by atoms with Crippen molar-refractivity contribution in [1.82, 2.24) is 10.2 Å². The molecule has 0 aliphatic rings. The van der Waals surface area contributed by atoms with Crippen LogP contribution in [0.1, 0.15) is 21.5 Å². The number of nitrogens with zero attached hydrogens (tertiary/aromatic N) is 1. The molecule has 0 spiro atoms. The van der Waals surface area contributed by atoms with Gasteiger partial charge in [0.1, 0.15) is 0 Å². The van der Waals surface area contributed by atoms with E-state index in [1.807, 2.05) is 30.3 Å². The van der Waals surface area contributed by atoms with E-state index in [-0.39, 0.29) is 12.3 Å². The van der Waals surface area contributed by atoms with Crippen LogP contribution < -0.4 is 11.1 Å². The summed E-state index contributed by atoms with van der Waals surface area (Å²) in [6.45, 7) is 0.420. The lowest BCUT2D eigenvalue weighted by molar-refractivity contribution is -0.136. The lowest BCUT2D eigenvalue weighted by Gasteiger charge is -2.12. The molecule has 4 aromatic rings. The Kier molecular flexibility index (Phi) is 5.28. The molecule has 0 saturated heterocycles. The Labute approximate surface area is 172 Å². The van der Waals surface area contributed by atoms with Crippen LogP contribution in [-0.2, 0) is 17.8 Å². The highest BCUT2D eigenvalue weighted by molar-refractivity contribution is 6.09. The van der Waals surface area contributed by atoms with E-state index in [9.17, 15) is 9.59 Å². The summed E-state index contributed by atoms with van der Waals surface area (Å²) in [7, 11) is 0. The lowest BCUT2D eigenvalue weighted by Crippen LogP contribution is -2.14. The van der Waals surface area contributed by atoms with E-state index in [0.29, 0.717) is 23.4 Å². The molecular weight excluding hydrogens is 380 g/mol. The lowest BCUT2D eigenvalue weighted by atomic mass is 9.97. The van der Waals surface area contributed by atoms with Gasteiger partial charge in [-0.1, -0.05) is 36.4 Å². The Hall–Kier alpha value is -3.97. The first kappa shape index (κ1) is 19.4. The molecule has 0 saturated carbocycles. The van der Waals surface area contributed by atoms with Crippen molar-refractivity contribution in [3.63, 3.8) is 0 Å². The van der Waals surface area contributed by atoms with Gasteiger partial charge < -0.3 is 16.2 Å². The molecule has 1 aromatic heterocycles. The molecule has 30 heavy (non-hydrogen) atoms. The number of nitrogens with one attached hydrogen (secondary N) is 2. The molecule has 0 radical (unpaired) electrons. The number of carbonyl (C=O) groups excluding carboxylic acids is 1. The molecule has 3 aromatic carbocycles. The Morgan fingerprint density at radius 3 is 2.70 bits per heavy atom. The minimum Gasteiger partial charge on any atom is -0.481 e. The maximum Gasteiger partial charge on any atom is 0.307 e. The maximum atomic E-state index is 13.0. The minimum atomic E-state index is -0.961. The monoisotopic (exact) mass is 400 g/mol. The maximum absolute atomic E-state index is 13.0. The number of anilines is 1.